The minimum atomic E-state index is -0.250. The molecule has 0 radical (unpaired) electrons. The number of thioether (sulfide) groups is 1. The second-order valence-electron chi connectivity index (χ2n) is 7.10. The number of thiocarbonyl (C=S) groups is 1. The van der Waals surface area contributed by atoms with Crippen LogP contribution in [0, 0.1) is 0 Å². The van der Waals surface area contributed by atoms with Gasteiger partial charge in [0.25, 0.3) is 11.5 Å². The standard InChI is InChI=1S/C23H22N4O3S2/c1-30-14-13-27-22(29)18(32-23(27)31)15-17-20(24-11-10-16-7-3-2-4-8-16)25-19-9-5-6-12-26(19)21(17)28/h2-9,12,15,24H,10-11,13-14H2,1H3. The van der Waals surface area contributed by atoms with Gasteiger partial charge in [0.15, 0.2) is 0 Å². The number of hydrogen-bond donors (Lipinski definition) is 1. The van der Waals surface area contributed by atoms with Gasteiger partial charge in [-0.15, -0.1) is 0 Å². The molecule has 1 aromatic carbocycles. The van der Waals surface area contributed by atoms with Crippen LogP contribution in [0.25, 0.3) is 11.7 Å². The van der Waals surface area contributed by atoms with Crippen molar-refractivity contribution in [2.75, 3.05) is 32.1 Å². The number of anilines is 1. The third kappa shape index (κ3) is 4.74. The number of nitrogens with zero attached hydrogens (tertiary/aromatic N) is 3. The average Bonchev–Trinajstić information content (AvgIpc) is 3.07. The zero-order chi connectivity index (χ0) is 22.5. The third-order valence-corrected chi connectivity index (χ3v) is 6.36. The summed E-state index contributed by atoms with van der Waals surface area (Å²) in [5.41, 5.74) is 1.79. The van der Waals surface area contributed by atoms with E-state index in [0.29, 0.717) is 46.0 Å². The Morgan fingerprint density at radius 1 is 1.16 bits per heavy atom. The Morgan fingerprint density at radius 2 is 1.94 bits per heavy atom. The first-order chi connectivity index (χ1) is 15.6. The van der Waals surface area contributed by atoms with Crippen LogP contribution >= 0.6 is 24.0 Å². The first-order valence-electron chi connectivity index (χ1n) is 10.1. The van der Waals surface area contributed by atoms with Gasteiger partial charge in [0.1, 0.15) is 15.8 Å². The molecule has 32 heavy (non-hydrogen) atoms. The molecule has 1 fully saturated rings. The van der Waals surface area contributed by atoms with E-state index in [1.165, 1.54) is 26.6 Å². The van der Waals surface area contributed by atoms with Crippen LogP contribution in [0.5, 0.6) is 0 Å². The molecule has 3 aromatic rings. The normalized spacial score (nSPS) is 15.2. The number of carbonyl (C=O) groups excluding carboxylic acids is 1. The number of fused-ring (bicyclic) bond motifs is 1. The number of carbonyl (C=O) groups is 1. The molecule has 164 valence electrons. The van der Waals surface area contributed by atoms with Gasteiger partial charge in [-0.25, -0.2) is 4.98 Å². The van der Waals surface area contributed by atoms with Gasteiger partial charge in [-0.1, -0.05) is 60.4 Å². The predicted molar refractivity (Wildman–Crippen MR) is 132 cm³/mol. The van der Waals surface area contributed by atoms with E-state index in [4.69, 9.17) is 17.0 Å². The lowest BCUT2D eigenvalue weighted by Gasteiger charge is -2.13. The van der Waals surface area contributed by atoms with Crippen LogP contribution in [-0.4, -0.2) is 51.3 Å². The van der Waals surface area contributed by atoms with Gasteiger partial charge in [0.2, 0.25) is 0 Å². The molecule has 9 heteroatoms. The highest BCUT2D eigenvalue weighted by atomic mass is 32.2. The number of nitrogens with one attached hydrogen (secondary N) is 1. The Labute approximate surface area is 195 Å². The van der Waals surface area contributed by atoms with E-state index in [0.717, 1.165) is 6.42 Å². The minimum Gasteiger partial charge on any atom is -0.383 e. The summed E-state index contributed by atoms with van der Waals surface area (Å²) in [5.74, 6) is 0.212. The summed E-state index contributed by atoms with van der Waals surface area (Å²) >= 11 is 6.53. The average molecular weight is 467 g/mol. The highest BCUT2D eigenvalue weighted by Gasteiger charge is 2.32. The van der Waals surface area contributed by atoms with Gasteiger partial charge in [0.05, 0.1) is 23.6 Å². The highest BCUT2D eigenvalue weighted by molar-refractivity contribution is 8.26. The van der Waals surface area contributed by atoms with Crippen molar-refractivity contribution in [2.24, 2.45) is 0 Å². The first kappa shape index (κ1) is 22.2. The summed E-state index contributed by atoms with van der Waals surface area (Å²) in [6.45, 7) is 1.34. The molecule has 3 heterocycles. The van der Waals surface area contributed by atoms with Crippen molar-refractivity contribution >= 4 is 51.7 Å². The van der Waals surface area contributed by atoms with Crippen molar-refractivity contribution in [1.82, 2.24) is 14.3 Å². The van der Waals surface area contributed by atoms with Crippen LogP contribution in [0.1, 0.15) is 11.1 Å². The minimum absolute atomic E-state index is 0.232. The van der Waals surface area contributed by atoms with E-state index in [2.05, 4.69) is 22.4 Å². The van der Waals surface area contributed by atoms with Crippen molar-refractivity contribution in [1.29, 1.82) is 0 Å². The lowest BCUT2D eigenvalue weighted by atomic mass is 10.1. The Bertz CT molecular complexity index is 1240. The summed E-state index contributed by atoms with van der Waals surface area (Å²) in [4.78, 5) is 32.6. The molecule has 1 saturated heterocycles. The fourth-order valence-corrected chi connectivity index (χ4v) is 4.63. The fraction of sp³-hybridized carbons (Fsp3) is 0.217. The number of pyridine rings is 1. The van der Waals surface area contributed by atoms with Gasteiger partial charge in [-0.3, -0.25) is 18.9 Å². The Kier molecular flexibility index (Phi) is 6.99. The van der Waals surface area contributed by atoms with Gasteiger partial charge < -0.3 is 10.1 Å². The molecule has 0 unspecified atom stereocenters. The maximum Gasteiger partial charge on any atom is 0.267 e. The molecule has 1 aliphatic heterocycles. The van der Waals surface area contributed by atoms with Crippen molar-refractivity contribution in [3.05, 3.63) is 81.1 Å². The second-order valence-corrected chi connectivity index (χ2v) is 8.77. The lowest BCUT2D eigenvalue weighted by Crippen LogP contribution is -2.31. The number of benzene rings is 1. The van der Waals surface area contributed by atoms with E-state index in [1.54, 1.807) is 31.5 Å². The number of aromatic nitrogens is 2. The number of rotatable bonds is 8. The van der Waals surface area contributed by atoms with Gasteiger partial charge >= 0.3 is 0 Å². The molecule has 0 spiro atoms. The summed E-state index contributed by atoms with van der Waals surface area (Å²) in [6.07, 6.45) is 4.03. The second kappa shape index (κ2) is 10.1. The quantitative estimate of drug-likeness (QED) is 0.404. The van der Waals surface area contributed by atoms with Gasteiger partial charge in [-0.05, 0) is 30.2 Å². The number of ether oxygens (including phenoxy) is 1. The SMILES string of the molecule is COCCN1C(=O)C(=Cc2c(NCCc3ccccc3)nc3ccccn3c2=O)SC1=S. The maximum atomic E-state index is 13.3. The number of hydrogen-bond acceptors (Lipinski definition) is 7. The molecule has 1 N–H and O–H groups in total. The smallest absolute Gasteiger partial charge is 0.267 e. The van der Waals surface area contributed by atoms with Gasteiger partial charge in [-0.2, -0.15) is 0 Å². The maximum absolute atomic E-state index is 13.3. The molecule has 4 rings (SSSR count). The van der Waals surface area contributed by atoms with E-state index in [9.17, 15) is 9.59 Å². The number of methoxy groups -OCH3 is 1. The van der Waals surface area contributed by atoms with E-state index in [-0.39, 0.29) is 11.5 Å². The molecule has 0 atom stereocenters. The van der Waals surface area contributed by atoms with E-state index < -0.39 is 0 Å². The summed E-state index contributed by atoms with van der Waals surface area (Å²) < 4.78 is 6.99. The van der Waals surface area contributed by atoms with E-state index in [1.807, 2.05) is 24.3 Å². The summed E-state index contributed by atoms with van der Waals surface area (Å²) in [7, 11) is 1.57. The predicted octanol–water partition coefficient (Wildman–Crippen LogP) is 3.20. The number of amides is 1. The molecular weight excluding hydrogens is 444 g/mol. The van der Waals surface area contributed by atoms with Crippen LogP contribution < -0.4 is 10.9 Å². The molecule has 7 nitrogen and oxygen atoms in total. The van der Waals surface area contributed by atoms with Gasteiger partial charge in [0, 0.05) is 19.9 Å². The Hall–Kier alpha value is -3.01. The van der Waals surface area contributed by atoms with Crippen LogP contribution in [0.4, 0.5) is 5.82 Å². The van der Waals surface area contributed by atoms with Crippen molar-refractivity contribution < 1.29 is 9.53 Å². The van der Waals surface area contributed by atoms with Crippen molar-refractivity contribution in [3.63, 3.8) is 0 Å². The summed E-state index contributed by atoms with van der Waals surface area (Å²) in [5, 5.41) is 3.28. The molecule has 0 bridgehead atoms. The van der Waals surface area contributed by atoms with E-state index >= 15 is 0 Å². The lowest BCUT2D eigenvalue weighted by molar-refractivity contribution is -0.122. The molecule has 1 aliphatic rings. The Morgan fingerprint density at radius 3 is 2.72 bits per heavy atom. The molecular formula is C23H22N4O3S2. The topological polar surface area (TPSA) is 75.9 Å². The largest absolute Gasteiger partial charge is 0.383 e. The Balaban J connectivity index is 1.67. The monoisotopic (exact) mass is 466 g/mol. The van der Waals surface area contributed by atoms with Crippen LogP contribution in [0.15, 0.2) is 64.4 Å². The zero-order valence-corrected chi connectivity index (χ0v) is 19.1. The zero-order valence-electron chi connectivity index (χ0n) is 17.5. The fourth-order valence-electron chi connectivity index (χ4n) is 3.34. The third-order valence-electron chi connectivity index (χ3n) is 4.99. The van der Waals surface area contributed by atoms with Crippen molar-refractivity contribution in [3.8, 4) is 0 Å². The highest BCUT2D eigenvalue weighted by Crippen LogP contribution is 2.32. The summed E-state index contributed by atoms with van der Waals surface area (Å²) in [6, 6.07) is 15.4. The molecule has 0 aliphatic carbocycles. The van der Waals surface area contributed by atoms with Crippen molar-refractivity contribution in [2.45, 2.75) is 6.42 Å². The first-order valence-corrected chi connectivity index (χ1v) is 11.3. The van der Waals surface area contributed by atoms with Crippen LogP contribution in [-0.2, 0) is 16.0 Å². The molecule has 1 amide bonds. The molecule has 2 aromatic heterocycles. The molecule has 0 saturated carbocycles. The van der Waals surface area contributed by atoms with Crippen LogP contribution in [0.3, 0.4) is 0 Å². The van der Waals surface area contributed by atoms with Crippen LogP contribution in [0.2, 0.25) is 0 Å².